The van der Waals surface area contributed by atoms with Crippen molar-refractivity contribution in [3.05, 3.63) is 88.0 Å². The highest BCUT2D eigenvalue weighted by atomic mass is 35.5. The summed E-state index contributed by atoms with van der Waals surface area (Å²) >= 11 is 5.90. The van der Waals surface area contributed by atoms with Crippen molar-refractivity contribution in [1.82, 2.24) is 14.9 Å². The van der Waals surface area contributed by atoms with Crippen molar-refractivity contribution in [2.24, 2.45) is 0 Å². The molecule has 2 aromatic heterocycles. The summed E-state index contributed by atoms with van der Waals surface area (Å²) in [6.07, 6.45) is 1.22. The molecule has 2 heterocycles. The summed E-state index contributed by atoms with van der Waals surface area (Å²) in [5.41, 5.74) is 1.86. The molecule has 0 fully saturated rings. The summed E-state index contributed by atoms with van der Waals surface area (Å²) in [6.45, 7) is 0.136. The van der Waals surface area contributed by atoms with Crippen LogP contribution in [-0.4, -0.2) is 15.5 Å². The van der Waals surface area contributed by atoms with E-state index in [9.17, 15) is 9.59 Å². The van der Waals surface area contributed by atoms with Crippen LogP contribution in [0.4, 0.5) is 0 Å². The number of carbonyl (C=O) groups excluding carboxylic acids is 1. The van der Waals surface area contributed by atoms with Crippen molar-refractivity contribution in [3.8, 4) is 11.3 Å². The number of carbonyl (C=O) groups is 1. The molecule has 6 nitrogen and oxygen atoms in total. The van der Waals surface area contributed by atoms with E-state index in [0.29, 0.717) is 27.6 Å². The second kappa shape index (κ2) is 7.70. The van der Waals surface area contributed by atoms with Crippen LogP contribution in [0.3, 0.4) is 0 Å². The van der Waals surface area contributed by atoms with Gasteiger partial charge in [0.15, 0.2) is 0 Å². The lowest BCUT2D eigenvalue weighted by atomic mass is 10.2. The van der Waals surface area contributed by atoms with Crippen LogP contribution >= 0.6 is 11.6 Å². The highest BCUT2D eigenvalue weighted by molar-refractivity contribution is 6.30. The Kier molecular flexibility index (Phi) is 4.95. The molecule has 140 valence electrons. The number of nitrogens with zero attached hydrogens (tertiary/aromatic N) is 2. The van der Waals surface area contributed by atoms with Crippen molar-refractivity contribution >= 4 is 28.5 Å². The molecule has 28 heavy (non-hydrogen) atoms. The van der Waals surface area contributed by atoms with E-state index in [-0.39, 0.29) is 24.6 Å². The molecule has 0 aliphatic carbocycles. The van der Waals surface area contributed by atoms with Gasteiger partial charge in [0.2, 0.25) is 5.91 Å². The fourth-order valence-electron chi connectivity index (χ4n) is 2.91. The Morgan fingerprint density at radius 1 is 1.07 bits per heavy atom. The molecule has 4 rings (SSSR count). The average Bonchev–Trinajstić information content (AvgIpc) is 3.18. The molecule has 1 amide bonds. The molecular formula is C21H16ClN3O3. The molecule has 0 unspecified atom stereocenters. The highest BCUT2D eigenvalue weighted by Crippen LogP contribution is 2.23. The second-order valence-electron chi connectivity index (χ2n) is 6.22. The SMILES string of the molecule is O=C(Cn1c(=O)cnc2ccccc21)NCc1ccc(-c2ccc(Cl)cc2)o1. The van der Waals surface area contributed by atoms with Crippen LogP contribution in [0.5, 0.6) is 0 Å². The predicted molar refractivity (Wildman–Crippen MR) is 107 cm³/mol. The van der Waals surface area contributed by atoms with E-state index in [4.69, 9.17) is 16.0 Å². The zero-order chi connectivity index (χ0) is 19.5. The number of hydrogen-bond donors (Lipinski definition) is 1. The van der Waals surface area contributed by atoms with E-state index in [0.717, 1.165) is 5.56 Å². The number of aromatic nitrogens is 2. The van der Waals surface area contributed by atoms with Gasteiger partial charge < -0.3 is 9.73 Å². The van der Waals surface area contributed by atoms with Gasteiger partial charge in [0.25, 0.3) is 5.56 Å². The number of hydrogen-bond acceptors (Lipinski definition) is 4. The second-order valence-corrected chi connectivity index (χ2v) is 6.66. The van der Waals surface area contributed by atoms with Crippen molar-refractivity contribution in [3.63, 3.8) is 0 Å². The number of nitrogens with one attached hydrogen (secondary N) is 1. The maximum absolute atomic E-state index is 12.3. The first-order chi connectivity index (χ1) is 13.6. The lowest BCUT2D eigenvalue weighted by Crippen LogP contribution is -2.32. The zero-order valence-corrected chi connectivity index (χ0v) is 15.5. The monoisotopic (exact) mass is 393 g/mol. The van der Waals surface area contributed by atoms with Gasteiger partial charge in [0.1, 0.15) is 18.1 Å². The Balaban J connectivity index is 1.44. The van der Waals surface area contributed by atoms with Crippen molar-refractivity contribution < 1.29 is 9.21 Å². The number of furan rings is 1. The molecule has 0 spiro atoms. The smallest absolute Gasteiger partial charge is 0.269 e. The largest absolute Gasteiger partial charge is 0.459 e. The third-order valence-corrected chi connectivity index (χ3v) is 4.56. The summed E-state index contributed by atoms with van der Waals surface area (Å²) in [5.74, 6) is 1.02. The first kappa shape index (κ1) is 18.0. The summed E-state index contributed by atoms with van der Waals surface area (Å²) in [7, 11) is 0. The van der Waals surface area contributed by atoms with Gasteiger partial charge in [-0.05, 0) is 48.5 Å². The standard InChI is InChI=1S/C21H16ClN3O3/c22-15-7-5-14(6-8-15)19-10-9-16(28-19)11-24-20(26)13-25-18-4-2-1-3-17(18)23-12-21(25)27/h1-10,12H,11,13H2,(H,24,26). The first-order valence-corrected chi connectivity index (χ1v) is 9.04. The maximum Gasteiger partial charge on any atom is 0.269 e. The van der Waals surface area contributed by atoms with Gasteiger partial charge in [-0.3, -0.25) is 14.2 Å². The molecule has 0 saturated carbocycles. The lowest BCUT2D eigenvalue weighted by Gasteiger charge is -2.09. The van der Waals surface area contributed by atoms with Gasteiger partial charge in [0, 0.05) is 10.6 Å². The minimum atomic E-state index is -0.322. The van der Waals surface area contributed by atoms with Gasteiger partial charge in [-0.15, -0.1) is 0 Å². The Morgan fingerprint density at radius 3 is 2.68 bits per heavy atom. The van der Waals surface area contributed by atoms with Crippen LogP contribution < -0.4 is 10.9 Å². The third-order valence-electron chi connectivity index (χ3n) is 4.30. The minimum absolute atomic E-state index is 0.0907. The fraction of sp³-hybridized carbons (Fsp3) is 0.0952. The van der Waals surface area contributed by atoms with E-state index in [1.54, 1.807) is 36.4 Å². The predicted octanol–water partition coefficient (Wildman–Crippen LogP) is 3.63. The molecular weight excluding hydrogens is 378 g/mol. The van der Waals surface area contributed by atoms with E-state index < -0.39 is 0 Å². The number of benzene rings is 2. The Labute approximate surface area is 165 Å². The highest BCUT2D eigenvalue weighted by Gasteiger charge is 2.10. The molecule has 0 atom stereocenters. The Hall–Kier alpha value is -3.38. The summed E-state index contributed by atoms with van der Waals surface area (Å²) in [5, 5.41) is 3.43. The molecule has 0 aliphatic heterocycles. The van der Waals surface area contributed by atoms with Crippen LogP contribution in [0.1, 0.15) is 5.76 Å². The number of halogens is 1. The zero-order valence-electron chi connectivity index (χ0n) is 14.8. The van der Waals surface area contributed by atoms with Crippen LogP contribution in [0, 0.1) is 0 Å². The van der Waals surface area contributed by atoms with Gasteiger partial charge in [-0.1, -0.05) is 23.7 Å². The van der Waals surface area contributed by atoms with Gasteiger partial charge in [-0.25, -0.2) is 4.98 Å². The van der Waals surface area contributed by atoms with Gasteiger partial charge in [-0.2, -0.15) is 0 Å². The molecule has 7 heteroatoms. The van der Waals surface area contributed by atoms with Gasteiger partial charge in [0.05, 0.1) is 23.8 Å². The van der Waals surface area contributed by atoms with E-state index in [1.165, 1.54) is 10.8 Å². The van der Waals surface area contributed by atoms with Crippen molar-refractivity contribution in [2.75, 3.05) is 0 Å². The normalized spacial score (nSPS) is 10.9. The van der Waals surface area contributed by atoms with E-state index in [2.05, 4.69) is 10.3 Å². The summed E-state index contributed by atoms with van der Waals surface area (Å²) in [6, 6.07) is 18.2. The maximum atomic E-state index is 12.3. The number of rotatable bonds is 5. The van der Waals surface area contributed by atoms with Crippen LogP contribution in [-0.2, 0) is 17.9 Å². The van der Waals surface area contributed by atoms with Crippen LogP contribution in [0.2, 0.25) is 5.02 Å². The lowest BCUT2D eigenvalue weighted by molar-refractivity contribution is -0.121. The van der Waals surface area contributed by atoms with Crippen molar-refractivity contribution in [1.29, 1.82) is 0 Å². The number of para-hydroxylation sites is 2. The molecule has 2 aromatic carbocycles. The number of amides is 1. The molecule has 0 bridgehead atoms. The summed E-state index contributed by atoms with van der Waals surface area (Å²) < 4.78 is 7.17. The van der Waals surface area contributed by atoms with Crippen LogP contribution in [0.25, 0.3) is 22.4 Å². The van der Waals surface area contributed by atoms with Crippen LogP contribution in [0.15, 0.2) is 76.1 Å². The topological polar surface area (TPSA) is 77.1 Å². The molecule has 1 N–H and O–H groups in total. The first-order valence-electron chi connectivity index (χ1n) is 8.66. The quantitative estimate of drug-likeness (QED) is 0.561. The molecule has 4 aromatic rings. The average molecular weight is 394 g/mol. The van der Waals surface area contributed by atoms with E-state index >= 15 is 0 Å². The van der Waals surface area contributed by atoms with Gasteiger partial charge >= 0.3 is 0 Å². The Bertz CT molecular complexity index is 1200. The number of fused-ring (bicyclic) bond motifs is 1. The summed E-state index contributed by atoms with van der Waals surface area (Å²) in [4.78, 5) is 28.6. The van der Waals surface area contributed by atoms with E-state index in [1.807, 2.05) is 24.3 Å². The fourth-order valence-corrected chi connectivity index (χ4v) is 3.03. The molecule has 0 saturated heterocycles. The minimum Gasteiger partial charge on any atom is -0.459 e. The van der Waals surface area contributed by atoms with Crippen molar-refractivity contribution in [2.45, 2.75) is 13.1 Å². The molecule has 0 aliphatic rings. The molecule has 0 radical (unpaired) electrons. The third kappa shape index (κ3) is 3.82. The Morgan fingerprint density at radius 2 is 1.86 bits per heavy atom.